The molecule has 0 unspecified atom stereocenters. The van der Waals surface area contributed by atoms with Gasteiger partial charge in [0.25, 0.3) is 11.8 Å². The first-order valence-corrected chi connectivity index (χ1v) is 14.0. The van der Waals surface area contributed by atoms with Crippen LogP contribution in [0.25, 0.3) is 0 Å². The highest BCUT2D eigenvalue weighted by Gasteiger charge is 2.35. The molecule has 2 aliphatic heterocycles. The normalized spacial score (nSPS) is 17.6. The van der Waals surface area contributed by atoms with Crippen LogP contribution in [0.3, 0.4) is 0 Å². The van der Waals surface area contributed by atoms with Gasteiger partial charge in [0.05, 0.1) is 32.6 Å². The maximum Gasteiger partial charge on any atom is 0.263 e. The summed E-state index contributed by atoms with van der Waals surface area (Å²) in [6, 6.07) is 20.7. The van der Waals surface area contributed by atoms with Crippen molar-refractivity contribution in [2.24, 2.45) is 0 Å². The van der Waals surface area contributed by atoms with Crippen molar-refractivity contribution in [1.29, 1.82) is 0 Å². The molecule has 1 N–H and O–H groups in total. The molecule has 0 saturated carbocycles. The van der Waals surface area contributed by atoms with Crippen molar-refractivity contribution < 1.29 is 32.2 Å². The van der Waals surface area contributed by atoms with E-state index in [2.05, 4.69) is 5.32 Å². The van der Waals surface area contributed by atoms with Gasteiger partial charge in [0, 0.05) is 25.2 Å². The Bertz CT molecular complexity index is 1460. The van der Waals surface area contributed by atoms with Gasteiger partial charge in [-0.15, -0.1) is 0 Å². The number of amides is 2. The lowest BCUT2D eigenvalue weighted by atomic mass is 10.1. The van der Waals surface area contributed by atoms with Crippen LogP contribution in [-0.2, 0) is 26.1 Å². The zero-order valence-corrected chi connectivity index (χ0v) is 22.2. The fourth-order valence-electron chi connectivity index (χ4n) is 4.56. The molecule has 0 spiro atoms. The van der Waals surface area contributed by atoms with Crippen LogP contribution >= 0.6 is 0 Å². The number of rotatable bonds is 7. The third-order valence-electron chi connectivity index (χ3n) is 6.62. The second kappa shape index (κ2) is 11.4. The minimum atomic E-state index is -3.94. The number of nitrogens with one attached hydrogen (secondary N) is 1. The Kier molecular flexibility index (Phi) is 7.82. The van der Waals surface area contributed by atoms with Crippen LogP contribution < -0.4 is 19.7 Å². The number of carbonyl (C=O) groups excluding carboxylic acids is 2. The smallest absolute Gasteiger partial charge is 0.263 e. The molecule has 204 valence electrons. The molecule has 0 aliphatic carbocycles. The van der Waals surface area contributed by atoms with Gasteiger partial charge in [0.1, 0.15) is 16.4 Å². The number of nitrogens with zero attached hydrogens (tertiary/aromatic N) is 2. The van der Waals surface area contributed by atoms with Gasteiger partial charge in [-0.1, -0.05) is 42.5 Å². The first kappa shape index (κ1) is 26.7. The Labute approximate surface area is 227 Å². The van der Waals surface area contributed by atoms with E-state index in [0.29, 0.717) is 31.2 Å². The number of morpholine rings is 1. The van der Waals surface area contributed by atoms with Crippen molar-refractivity contribution in [2.75, 3.05) is 44.9 Å². The molecule has 0 radical (unpaired) electrons. The molecule has 5 rings (SSSR count). The van der Waals surface area contributed by atoms with Gasteiger partial charge in [-0.05, 0) is 35.9 Å². The molecule has 1 atom stereocenters. The molecule has 3 aromatic carbocycles. The van der Waals surface area contributed by atoms with E-state index in [0.717, 1.165) is 5.56 Å². The summed E-state index contributed by atoms with van der Waals surface area (Å²) in [6.07, 6.45) is -0.956. The highest BCUT2D eigenvalue weighted by atomic mass is 32.2. The van der Waals surface area contributed by atoms with E-state index in [1.165, 1.54) is 34.5 Å². The lowest BCUT2D eigenvalue weighted by Gasteiger charge is -2.34. The molecule has 10 nitrogen and oxygen atoms in total. The number of sulfonamides is 1. The van der Waals surface area contributed by atoms with Gasteiger partial charge in [-0.3, -0.25) is 9.59 Å². The number of methoxy groups -OCH3 is 1. The van der Waals surface area contributed by atoms with E-state index in [-0.39, 0.29) is 41.7 Å². The maximum atomic E-state index is 13.8. The summed E-state index contributed by atoms with van der Waals surface area (Å²) in [5, 5.41) is 2.87. The molecule has 0 bridgehead atoms. The number of anilines is 1. The lowest BCUT2D eigenvalue weighted by molar-refractivity contribution is -0.128. The molecule has 2 heterocycles. The van der Waals surface area contributed by atoms with E-state index in [1.807, 2.05) is 30.3 Å². The highest BCUT2D eigenvalue weighted by Crippen LogP contribution is 2.35. The Balaban J connectivity index is 1.42. The molecule has 1 fully saturated rings. The number of benzene rings is 3. The van der Waals surface area contributed by atoms with E-state index in [9.17, 15) is 18.0 Å². The van der Waals surface area contributed by atoms with Crippen LogP contribution in [0.2, 0.25) is 0 Å². The minimum absolute atomic E-state index is 0.0476. The molecule has 2 amide bonds. The maximum absolute atomic E-state index is 13.8. The second-order valence-corrected chi connectivity index (χ2v) is 11.0. The first-order valence-electron chi connectivity index (χ1n) is 12.5. The summed E-state index contributed by atoms with van der Waals surface area (Å²) >= 11 is 0. The molecule has 1 saturated heterocycles. The SMILES string of the molecule is COc1ccc(C(=O)N2C[C@H](C(=O)NCc3ccccc3)Oc3ccccc32)cc1S(=O)(=O)N1CCOCC1. The summed E-state index contributed by atoms with van der Waals surface area (Å²) in [7, 11) is -2.56. The van der Waals surface area contributed by atoms with Gasteiger partial charge < -0.3 is 24.4 Å². The predicted molar refractivity (Wildman–Crippen MR) is 143 cm³/mol. The molecule has 0 aromatic heterocycles. The standard InChI is InChI=1S/C28H29N3O7S/c1-36-24-12-11-21(17-26(24)39(34,35)30-13-15-37-16-14-30)28(33)31-19-25(38-23-10-6-5-9-22(23)31)27(32)29-18-20-7-3-2-4-8-20/h2-12,17,25H,13-16,18-19H2,1H3,(H,29,32)/t25-/m1/s1. The fourth-order valence-corrected chi connectivity index (χ4v) is 6.14. The van der Waals surface area contributed by atoms with Crippen molar-refractivity contribution in [1.82, 2.24) is 9.62 Å². The third kappa shape index (κ3) is 5.60. The average molecular weight is 552 g/mol. The number of hydrogen-bond acceptors (Lipinski definition) is 7. The summed E-state index contributed by atoms with van der Waals surface area (Å²) in [4.78, 5) is 28.2. The van der Waals surface area contributed by atoms with E-state index in [1.54, 1.807) is 24.3 Å². The summed E-state index contributed by atoms with van der Waals surface area (Å²) < 4.78 is 44.8. The van der Waals surface area contributed by atoms with Crippen LogP contribution in [0.4, 0.5) is 5.69 Å². The van der Waals surface area contributed by atoms with Crippen LogP contribution in [0.5, 0.6) is 11.5 Å². The lowest BCUT2D eigenvalue weighted by Crippen LogP contribution is -2.50. The van der Waals surface area contributed by atoms with Crippen LogP contribution in [0.1, 0.15) is 15.9 Å². The third-order valence-corrected chi connectivity index (χ3v) is 8.54. The molecule has 11 heteroatoms. The van der Waals surface area contributed by atoms with Crippen LogP contribution in [0, 0.1) is 0 Å². The molecular weight excluding hydrogens is 522 g/mol. The van der Waals surface area contributed by atoms with Gasteiger partial charge in [-0.25, -0.2) is 8.42 Å². The summed E-state index contributed by atoms with van der Waals surface area (Å²) in [5.41, 5.74) is 1.56. The van der Waals surface area contributed by atoms with Crippen molar-refractivity contribution in [3.63, 3.8) is 0 Å². The zero-order chi connectivity index (χ0) is 27.4. The number of fused-ring (bicyclic) bond motifs is 1. The van der Waals surface area contributed by atoms with Gasteiger partial charge in [0.15, 0.2) is 6.10 Å². The largest absolute Gasteiger partial charge is 0.495 e. The monoisotopic (exact) mass is 551 g/mol. The summed E-state index contributed by atoms with van der Waals surface area (Å²) in [5.74, 6) is -0.311. The molecular formula is C28H29N3O7S. The Hall–Kier alpha value is -3.93. The minimum Gasteiger partial charge on any atom is -0.495 e. The van der Waals surface area contributed by atoms with Crippen LogP contribution in [-0.4, -0.2) is 70.6 Å². The Morgan fingerprint density at radius 1 is 1.00 bits per heavy atom. The van der Waals surface area contributed by atoms with E-state index >= 15 is 0 Å². The number of hydrogen-bond donors (Lipinski definition) is 1. The molecule has 2 aliphatic rings. The number of para-hydroxylation sites is 2. The van der Waals surface area contributed by atoms with Gasteiger partial charge >= 0.3 is 0 Å². The summed E-state index contributed by atoms with van der Waals surface area (Å²) in [6.45, 7) is 1.27. The van der Waals surface area contributed by atoms with Gasteiger partial charge in [0.2, 0.25) is 10.0 Å². The number of ether oxygens (including phenoxy) is 3. The Morgan fingerprint density at radius 3 is 2.46 bits per heavy atom. The van der Waals surface area contributed by atoms with E-state index < -0.39 is 22.0 Å². The topological polar surface area (TPSA) is 114 Å². The van der Waals surface area contributed by atoms with Crippen molar-refractivity contribution >= 4 is 27.5 Å². The number of carbonyl (C=O) groups is 2. The quantitative estimate of drug-likeness (QED) is 0.480. The molecule has 3 aromatic rings. The molecule has 39 heavy (non-hydrogen) atoms. The zero-order valence-electron chi connectivity index (χ0n) is 21.4. The van der Waals surface area contributed by atoms with Gasteiger partial charge in [-0.2, -0.15) is 4.31 Å². The first-order chi connectivity index (χ1) is 18.9. The average Bonchev–Trinajstić information content (AvgIpc) is 2.99. The second-order valence-electron chi connectivity index (χ2n) is 9.08. The highest BCUT2D eigenvalue weighted by molar-refractivity contribution is 7.89. The van der Waals surface area contributed by atoms with E-state index in [4.69, 9.17) is 14.2 Å². The fraction of sp³-hybridized carbons (Fsp3) is 0.286. The Morgan fingerprint density at radius 2 is 1.72 bits per heavy atom. The van der Waals surface area contributed by atoms with Crippen LogP contribution in [0.15, 0.2) is 77.7 Å². The predicted octanol–water partition coefficient (Wildman–Crippen LogP) is 2.44. The van der Waals surface area contributed by atoms with Crippen molar-refractivity contribution in [3.8, 4) is 11.5 Å². The van der Waals surface area contributed by atoms with Crippen molar-refractivity contribution in [3.05, 3.63) is 83.9 Å². The van der Waals surface area contributed by atoms with Crippen molar-refractivity contribution in [2.45, 2.75) is 17.5 Å².